The lowest BCUT2D eigenvalue weighted by molar-refractivity contribution is -0.204. The van der Waals surface area contributed by atoms with Crippen LogP contribution in [-0.4, -0.2) is 58.9 Å². The van der Waals surface area contributed by atoms with E-state index in [0.717, 1.165) is 29.3 Å². The van der Waals surface area contributed by atoms with Crippen molar-refractivity contribution in [3.05, 3.63) is 72.9 Å². The molecule has 1 aliphatic heterocycles. The fourth-order valence-electron chi connectivity index (χ4n) is 5.31. The first-order valence-corrected chi connectivity index (χ1v) is 20.7. The second kappa shape index (κ2) is 16.2. The molecule has 7 heteroatoms. The summed E-state index contributed by atoms with van der Waals surface area (Å²) in [4.78, 5) is 0. The Balaban J connectivity index is 2.20. The molecule has 6 atom stereocenters. The summed E-state index contributed by atoms with van der Waals surface area (Å²) in [6, 6.07) is 13.3. The highest BCUT2D eigenvalue weighted by atomic mass is 28.4. The van der Waals surface area contributed by atoms with Gasteiger partial charge < -0.3 is 23.4 Å². The minimum absolute atomic E-state index is 0.00955. The third-order valence-electron chi connectivity index (χ3n) is 7.83. The summed E-state index contributed by atoms with van der Waals surface area (Å²) in [5.74, 6) is 0.00955. The van der Waals surface area contributed by atoms with Crippen LogP contribution in [0.2, 0.25) is 37.8 Å². The van der Waals surface area contributed by atoms with Crippen molar-refractivity contribution >= 4 is 16.6 Å². The number of rotatable bonds is 17. The van der Waals surface area contributed by atoms with Crippen LogP contribution in [0, 0.1) is 5.92 Å². The number of allylic oxidation sites excluding steroid dienone is 2. The molecule has 0 spiro atoms. The summed E-state index contributed by atoms with van der Waals surface area (Å²) >= 11 is 0. The Hall–Kier alpha value is -1.33. The van der Waals surface area contributed by atoms with E-state index in [1.54, 1.807) is 6.08 Å². The first-order chi connectivity index (χ1) is 18.5. The number of benzene rings is 1. The highest BCUT2D eigenvalue weighted by Gasteiger charge is 2.47. The van der Waals surface area contributed by atoms with Gasteiger partial charge in [-0.25, -0.2) is 0 Å². The molecular weight excluding hydrogens is 521 g/mol. The molecule has 1 N–H and O–H groups in total. The maximum absolute atomic E-state index is 11.6. The topological polar surface area (TPSA) is 57.2 Å². The molecule has 0 unspecified atom stereocenters. The average Bonchev–Trinajstić information content (AvgIpc) is 2.90. The first-order valence-electron chi connectivity index (χ1n) is 14.7. The van der Waals surface area contributed by atoms with Gasteiger partial charge in [0.1, 0.15) is 6.10 Å². The molecular formula is C32H54O5Si2. The van der Waals surface area contributed by atoms with Gasteiger partial charge in [-0.15, -0.1) is 0 Å². The van der Waals surface area contributed by atoms with E-state index in [2.05, 4.69) is 72.6 Å². The van der Waals surface area contributed by atoms with Gasteiger partial charge in [0.2, 0.25) is 0 Å². The Morgan fingerprint density at radius 2 is 1.72 bits per heavy atom. The Morgan fingerprint density at radius 3 is 2.28 bits per heavy atom. The van der Waals surface area contributed by atoms with Crippen molar-refractivity contribution in [3.63, 3.8) is 0 Å². The Kier molecular flexibility index (Phi) is 14.1. The maximum Gasteiger partial charge on any atom is 0.192 e. The summed E-state index contributed by atoms with van der Waals surface area (Å²) in [5.41, 5.74) is 2.13. The van der Waals surface area contributed by atoms with E-state index >= 15 is 0 Å². The van der Waals surface area contributed by atoms with Crippen LogP contribution >= 0.6 is 0 Å². The predicted molar refractivity (Wildman–Crippen MR) is 168 cm³/mol. The highest BCUT2D eigenvalue weighted by Crippen LogP contribution is 2.36. The molecule has 2 rings (SSSR count). The van der Waals surface area contributed by atoms with E-state index in [1.807, 2.05) is 30.4 Å². The van der Waals surface area contributed by atoms with Crippen molar-refractivity contribution in [2.75, 3.05) is 6.61 Å². The molecule has 0 radical (unpaired) electrons. The molecule has 1 aromatic carbocycles. The molecule has 39 heavy (non-hydrogen) atoms. The minimum Gasteiger partial charge on any atom is -0.411 e. The second-order valence-electron chi connectivity index (χ2n) is 11.9. The van der Waals surface area contributed by atoms with E-state index in [1.165, 1.54) is 0 Å². The molecule has 1 fully saturated rings. The normalized spacial score (nSPS) is 25.1. The zero-order valence-electron chi connectivity index (χ0n) is 25.5. The van der Waals surface area contributed by atoms with Gasteiger partial charge in [-0.05, 0) is 56.2 Å². The van der Waals surface area contributed by atoms with Gasteiger partial charge in [0, 0.05) is 5.92 Å². The number of hydrogen-bond donors (Lipinski definition) is 1. The molecule has 1 aromatic rings. The van der Waals surface area contributed by atoms with Crippen LogP contribution in [0.15, 0.2) is 67.3 Å². The largest absolute Gasteiger partial charge is 0.411 e. The quantitative estimate of drug-likeness (QED) is 0.118. The third-order valence-corrected chi connectivity index (χ3v) is 13.5. The van der Waals surface area contributed by atoms with E-state index in [4.69, 9.17) is 18.3 Å². The van der Waals surface area contributed by atoms with Crippen LogP contribution in [-0.2, 0) is 24.9 Å². The van der Waals surface area contributed by atoms with Crippen LogP contribution in [0.3, 0.4) is 0 Å². The third kappa shape index (κ3) is 10.9. The summed E-state index contributed by atoms with van der Waals surface area (Å²) in [6.45, 7) is 24.5. The van der Waals surface area contributed by atoms with Crippen molar-refractivity contribution in [2.24, 2.45) is 5.92 Å². The predicted octanol–water partition coefficient (Wildman–Crippen LogP) is 7.66. The lowest BCUT2D eigenvalue weighted by Crippen LogP contribution is -2.59. The number of aliphatic hydroxyl groups excluding tert-OH is 1. The summed E-state index contributed by atoms with van der Waals surface area (Å²) in [5, 5.41) is 11.6. The summed E-state index contributed by atoms with van der Waals surface area (Å²) < 4.78 is 26.0. The average molecular weight is 575 g/mol. The monoisotopic (exact) mass is 574 g/mol. The molecule has 0 saturated carbocycles. The second-order valence-corrected chi connectivity index (χ2v) is 21.1. The Morgan fingerprint density at radius 1 is 1.08 bits per heavy atom. The summed E-state index contributed by atoms with van der Waals surface area (Å²) in [7, 11) is -3.71. The van der Waals surface area contributed by atoms with Gasteiger partial charge in [-0.3, -0.25) is 0 Å². The SMILES string of the molecule is C=C/C=C/[C@H](CC(=C)C[C@H]1O[C@@H](COCc2ccccc2)[C@H](C)[C@@H](O[Si](CC)(CC)CC)[C@@H]1O)O[Si](C)(C)C. The maximum atomic E-state index is 11.6. The van der Waals surface area contributed by atoms with Crippen LogP contribution in [0.5, 0.6) is 0 Å². The lowest BCUT2D eigenvalue weighted by Gasteiger charge is -2.47. The van der Waals surface area contributed by atoms with E-state index < -0.39 is 28.8 Å². The molecule has 0 bridgehead atoms. The fourth-order valence-corrected chi connectivity index (χ4v) is 9.32. The first kappa shape index (κ1) is 33.9. The van der Waals surface area contributed by atoms with E-state index in [-0.39, 0.29) is 24.2 Å². The molecule has 0 amide bonds. The molecule has 1 heterocycles. The van der Waals surface area contributed by atoms with Gasteiger partial charge in [0.05, 0.1) is 37.6 Å². The van der Waals surface area contributed by atoms with Crippen molar-refractivity contribution < 1.29 is 23.4 Å². The van der Waals surface area contributed by atoms with Gasteiger partial charge in [-0.1, -0.05) is 95.0 Å². The molecule has 0 aliphatic carbocycles. The number of aliphatic hydroxyl groups is 1. The molecule has 0 aromatic heterocycles. The van der Waals surface area contributed by atoms with Crippen molar-refractivity contribution in [1.82, 2.24) is 0 Å². The van der Waals surface area contributed by atoms with Crippen LogP contribution in [0.25, 0.3) is 0 Å². The van der Waals surface area contributed by atoms with Gasteiger partial charge in [0.25, 0.3) is 0 Å². The van der Waals surface area contributed by atoms with E-state index in [9.17, 15) is 5.11 Å². The lowest BCUT2D eigenvalue weighted by atomic mass is 9.86. The van der Waals surface area contributed by atoms with Crippen molar-refractivity contribution in [3.8, 4) is 0 Å². The molecule has 5 nitrogen and oxygen atoms in total. The van der Waals surface area contributed by atoms with Crippen LogP contribution < -0.4 is 0 Å². The van der Waals surface area contributed by atoms with Gasteiger partial charge in [0.15, 0.2) is 16.6 Å². The van der Waals surface area contributed by atoms with Crippen LogP contribution in [0.1, 0.15) is 46.1 Å². The smallest absolute Gasteiger partial charge is 0.192 e. The number of ether oxygens (including phenoxy) is 2. The Labute approximate surface area is 240 Å². The summed E-state index contributed by atoms with van der Waals surface area (Å²) in [6.07, 6.45) is 5.31. The molecule has 1 aliphatic rings. The fraction of sp³-hybridized carbons (Fsp3) is 0.625. The molecule has 1 saturated heterocycles. The zero-order valence-corrected chi connectivity index (χ0v) is 27.5. The number of hydrogen-bond acceptors (Lipinski definition) is 5. The van der Waals surface area contributed by atoms with Crippen molar-refractivity contribution in [1.29, 1.82) is 0 Å². The highest BCUT2D eigenvalue weighted by molar-refractivity contribution is 6.73. The van der Waals surface area contributed by atoms with Crippen molar-refractivity contribution in [2.45, 2.75) is 115 Å². The van der Waals surface area contributed by atoms with Crippen LogP contribution in [0.4, 0.5) is 0 Å². The van der Waals surface area contributed by atoms with E-state index in [0.29, 0.717) is 26.1 Å². The zero-order chi connectivity index (χ0) is 29.1. The molecule has 220 valence electrons. The standard InChI is InChI=1S/C32H54O5Si2/c1-10-14-20-28(36-38(7,8)9)21-25(5)22-29-31(33)32(37-39(11-2,12-3)13-4)26(6)30(35-29)24-34-23-27-18-16-15-17-19-27/h10,14-20,26,28-33H,1,5,11-13,21-24H2,2-4,6-9H3/b20-14+/t26-,28+,29+,30-,31+,32+/m0/s1. The Bertz CT molecular complexity index is 885. The minimum atomic E-state index is -1.95. The van der Waals surface area contributed by atoms with Gasteiger partial charge >= 0.3 is 0 Å². The van der Waals surface area contributed by atoms with Gasteiger partial charge in [-0.2, -0.15) is 0 Å².